The van der Waals surface area contributed by atoms with Gasteiger partial charge in [0.2, 0.25) is 0 Å². The molecule has 0 aliphatic heterocycles. The van der Waals surface area contributed by atoms with Gasteiger partial charge in [-0.1, -0.05) is 31.5 Å². The standard InChI is InChI=1S/C18H31NO2/c1-13(2)11-20-7-8-21-12-17(19-6)18-15(4)9-14(3)10-16(18)5/h9-10,13,17,19H,7-8,11-12H2,1-6H3. The molecule has 0 fully saturated rings. The lowest BCUT2D eigenvalue weighted by Gasteiger charge is -2.22. The highest BCUT2D eigenvalue weighted by Crippen LogP contribution is 2.23. The highest BCUT2D eigenvalue weighted by Gasteiger charge is 2.15. The average Bonchev–Trinajstić information content (AvgIpc) is 2.38. The Labute approximate surface area is 130 Å². The van der Waals surface area contributed by atoms with Crippen LogP contribution in [0.1, 0.15) is 42.1 Å². The topological polar surface area (TPSA) is 30.5 Å². The molecule has 1 aromatic rings. The van der Waals surface area contributed by atoms with Crippen LogP contribution in [0, 0.1) is 26.7 Å². The highest BCUT2D eigenvalue weighted by atomic mass is 16.5. The second-order valence-electron chi connectivity index (χ2n) is 6.20. The van der Waals surface area contributed by atoms with E-state index in [1.54, 1.807) is 0 Å². The highest BCUT2D eigenvalue weighted by molar-refractivity contribution is 5.39. The van der Waals surface area contributed by atoms with Crippen LogP contribution in [0.2, 0.25) is 0 Å². The second-order valence-corrected chi connectivity index (χ2v) is 6.20. The Bertz CT molecular complexity index is 406. The lowest BCUT2D eigenvalue weighted by Crippen LogP contribution is -2.24. The van der Waals surface area contributed by atoms with Crippen molar-refractivity contribution < 1.29 is 9.47 Å². The number of likely N-dealkylation sites (N-methyl/N-ethyl adjacent to an activating group) is 1. The summed E-state index contributed by atoms with van der Waals surface area (Å²) < 4.78 is 11.3. The Kier molecular flexibility index (Phi) is 7.94. The zero-order valence-electron chi connectivity index (χ0n) is 14.5. The Morgan fingerprint density at radius 3 is 1.95 bits per heavy atom. The summed E-state index contributed by atoms with van der Waals surface area (Å²) in [5.74, 6) is 0.577. The lowest BCUT2D eigenvalue weighted by molar-refractivity contribution is 0.0308. The van der Waals surface area contributed by atoms with Gasteiger partial charge in [-0.2, -0.15) is 0 Å². The molecule has 120 valence electrons. The molecule has 0 saturated carbocycles. The van der Waals surface area contributed by atoms with E-state index in [-0.39, 0.29) is 6.04 Å². The van der Waals surface area contributed by atoms with Gasteiger partial charge in [0.05, 0.1) is 25.9 Å². The Morgan fingerprint density at radius 1 is 0.952 bits per heavy atom. The van der Waals surface area contributed by atoms with Crippen molar-refractivity contribution in [2.45, 2.75) is 40.7 Å². The van der Waals surface area contributed by atoms with Gasteiger partial charge in [-0.05, 0) is 50.4 Å². The van der Waals surface area contributed by atoms with Crippen LogP contribution in [0.3, 0.4) is 0 Å². The summed E-state index contributed by atoms with van der Waals surface area (Å²) in [4.78, 5) is 0. The van der Waals surface area contributed by atoms with Crippen LogP contribution in [0.15, 0.2) is 12.1 Å². The summed E-state index contributed by atoms with van der Waals surface area (Å²) in [7, 11) is 1.99. The zero-order valence-corrected chi connectivity index (χ0v) is 14.5. The first kappa shape index (κ1) is 18.1. The minimum Gasteiger partial charge on any atom is -0.379 e. The van der Waals surface area contributed by atoms with E-state index in [1.165, 1.54) is 22.3 Å². The minimum absolute atomic E-state index is 0.232. The number of rotatable bonds is 9. The van der Waals surface area contributed by atoms with Crippen molar-refractivity contribution >= 4 is 0 Å². The van der Waals surface area contributed by atoms with Gasteiger partial charge in [0.15, 0.2) is 0 Å². The van der Waals surface area contributed by atoms with Crippen molar-refractivity contribution in [1.29, 1.82) is 0 Å². The maximum Gasteiger partial charge on any atom is 0.0701 e. The molecule has 0 spiro atoms. The van der Waals surface area contributed by atoms with Crippen molar-refractivity contribution in [1.82, 2.24) is 5.32 Å². The van der Waals surface area contributed by atoms with Crippen LogP contribution in [-0.4, -0.2) is 33.5 Å². The minimum atomic E-state index is 0.232. The largest absolute Gasteiger partial charge is 0.379 e. The Morgan fingerprint density at radius 2 is 1.48 bits per heavy atom. The summed E-state index contributed by atoms with van der Waals surface area (Å²) in [6.07, 6.45) is 0. The van der Waals surface area contributed by atoms with Gasteiger partial charge < -0.3 is 14.8 Å². The molecular formula is C18H31NO2. The van der Waals surface area contributed by atoms with E-state index in [0.717, 1.165) is 6.61 Å². The van der Waals surface area contributed by atoms with Crippen molar-refractivity contribution in [3.05, 3.63) is 34.4 Å². The van der Waals surface area contributed by atoms with Crippen LogP contribution in [0.5, 0.6) is 0 Å². The third-order valence-corrected chi connectivity index (χ3v) is 3.54. The normalized spacial score (nSPS) is 12.9. The molecule has 1 atom stereocenters. The summed E-state index contributed by atoms with van der Waals surface area (Å²) in [6.45, 7) is 13.6. The van der Waals surface area contributed by atoms with Crippen LogP contribution in [0.25, 0.3) is 0 Å². The zero-order chi connectivity index (χ0) is 15.8. The van der Waals surface area contributed by atoms with E-state index in [2.05, 4.69) is 52.1 Å². The third kappa shape index (κ3) is 6.16. The third-order valence-electron chi connectivity index (χ3n) is 3.54. The Balaban J connectivity index is 2.49. The molecule has 21 heavy (non-hydrogen) atoms. The predicted molar refractivity (Wildman–Crippen MR) is 88.9 cm³/mol. The molecule has 1 aromatic carbocycles. The van der Waals surface area contributed by atoms with Crippen LogP contribution in [0.4, 0.5) is 0 Å². The fraction of sp³-hybridized carbons (Fsp3) is 0.667. The number of hydrogen-bond donors (Lipinski definition) is 1. The van der Waals surface area contributed by atoms with E-state index in [1.807, 2.05) is 7.05 Å². The van der Waals surface area contributed by atoms with Gasteiger partial charge in [0.25, 0.3) is 0 Å². The molecule has 3 heteroatoms. The molecule has 0 heterocycles. The number of aryl methyl sites for hydroxylation is 3. The summed E-state index contributed by atoms with van der Waals surface area (Å²) in [5.41, 5.74) is 5.32. The fourth-order valence-electron chi connectivity index (χ4n) is 2.69. The summed E-state index contributed by atoms with van der Waals surface area (Å²) in [6, 6.07) is 4.70. The molecule has 0 aromatic heterocycles. The second kappa shape index (κ2) is 9.19. The number of benzene rings is 1. The molecule has 0 amide bonds. The molecule has 1 unspecified atom stereocenters. The van der Waals surface area contributed by atoms with E-state index in [0.29, 0.717) is 25.7 Å². The SMILES string of the molecule is CNC(COCCOCC(C)C)c1c(C)cc(C)cc1C. The van der Waals surface area contributed by atoms with Gasteiger partial charge in [0, 0.05) is 6.61 Å². The van der Waals surface area contributed by atoms with Crippen molar-refractivity contribution in [3.63, 3.8) is 0 Å². The van der Waals surface area contributed by atoms with Crippen LogP contribution < -0.4 is 5.32 Å². The first-order valence-electron chi connectivity index (χ1n) is 7.86. The first-order valence-corrected chi connectivity index (χ1v) is 7.86. The van der Waals surface area contributed by atoms with Gasteiger partial charge in [-0.15, -0.1) is 0 Å². The van der Waals surface area contributed by atoms with Crippen LogP contribution >= 0.6 is 0 Å². The average molecular weight is 293 g/mol. The van der Waals surface area contributed by atoms with Gasteiger partial charge >= 0.3 is 0 Å². The molecule has 0 bridgehead atoms. The molecule has 1 N–H and O–H groups in total. The van der Waals surface area contributed by atoms with E-state index in [4.69, 9.17) is 9.47 Å². The van der Waals surface area contributed by atoms with Crippen molar-refractivity contribution in [2.24, 2.45) is 5.92 Å². The molecule has 3 nitrogen and oxygen atoms in total. The van der Waals surface area contributed by atoms with E-state index < -0.39 is 0 Å². The molecule has 0 aliphatic rings. The predicted octanol–water partition coefficient (Wildman–Crippen LogP) is 3.56. The maximum atomic E-state index is 5.78. The number of nitrogens with one attached hydrogen (secondary N) is 1. The molecular weight excluding hydrogens is 262 g/mol. The molecule has 0 radical (unpaired) electrons. The van der Waals surface area contributed by atoms with Gasteiger partial charge in [-0.25, -0.2) is 0 Å². The maximum absolute atomic E-state index is 5.78. The molecule has 1 rings (SSSR count). The van der Waals surface area contributed by atoms with Crippen molar-refractivity contribution in [3.8, 4) is 0 Å². The van der Waals surface area contributed by atoms with E-state index >= 15 is 0 Å². The Hall–Kier alpha value is -0.900. The quantitative estimate of drug-likeness (QED) is 0.706. The molecule has 0 saturated heterocycles. The number of hydrogen-bond acceptors (Lipinski definition) is 3. The lowest BCUT2D eigenvalue weighted by atomic mass is 9.94. The van der Waals surface area contributed by atoms with Gasteiger partial charge in [-0.3, -0.25) is 0 Å². The monoisotopic (exact) mass is 293 g/mol. The fourth-order valence-corrected chi connectivity index (χ4v) is 2.69. The molecule has 0 aliphatic carbocycles. The number of ether oxygens (including phenoxy) is 2. The first-order chi connectivity index (χ1) is 9.95. The van der Waals surface area contributed by atoms with Crippen molar-refractivity contribution in [2.75, 3.05) is 33.5 Å². The van der Waals surface area contributed by atoms with Gasteiger partial charge in [0.1, 0.15) is 0 Å². The van der Waals surface area contributed by atoms with Crippen LogP contribution in [-0.2, 0) is 9.47 Å². The summed E-state index contributed by atoms with van der Waals surface area (Å²) >= 11 is 0. The van der Waals surface area contributed by atoms with E-state index in [9.17, 15) is 0 Å². The smallest absolute Gasteiger partial charge is 0.0701 e. The summed E-state index contributed by atoms with van der Waals surface area (Å²) in [5, 5.41) is 3.36.